The van der Waals surface area contributed by atoms with E-state index in [0.717, 1.165) is 45.6 Å². The summed E-state index contributed by atoms with van der Waals surface area (Å²) in [4.78, 5) is 18.2. The second kappa shape index (κ2) is 7.26. The smallest absolute Gasteiger partial charge is 0.237 e. The molecule has 2 aliphatic heterocycles. The topological polar surface area (TPSA) is 60.9 Å². The molecule has 2 aliphatic rings. The van der Waals surface area contributed by atoms with Gasteiger partial charge in [0.1, 0.15) is 5.25 Å². The quantitative estimate of drug-likeness (QED) is 0.511. The lowest BCUT2D eigenvalue weighted by Crippen LogP contribution is -2.44. The van der Waals surface area contributed by atoms with E-state index in [2.05, 4.69) is 16.8 Å². The third-order valence-electron chi connectivity index (χ3n) is 4.33. The second-order valence-electron chi connectivity index (χ2n) is 5.99. The van der Waals surface area contributed by atoms with E-state index in [-0.39, 0.29) is 18.9 Å². The predicted molar refractivity (Wildman–Crippen MR) is 82.9 cm³/mol. The molecule has 122 valence electrons. The zero-order valence-electron chi connectivity index (χ0n) is 12.5. The molecule has 0 aliphatic carbocycles. The minimum absolute atomic E-state index is 0.0320. The van der Waals surface area contributed by atoms with Crippen molar-refractivity contribution in [2.24, 2.45) is 0 Å². The van der Waals surface area contributed by atoms with Gasteiger partial charge in [0.2, 0.25) is 15.0 Å². The molecule has 1 amide bonds. The van der Waals surface area contributed by atoms with Crippen molar-refractivity contribution in [3.8, 4) is 0 Å². The first-order valence-electron chi connectivity index (χ1n) is 7.48. The van der Waals surface area contributed by atoms with Crippen LogP contribution in [0, 0.1) is 0 Å². The number of hydrogen-bond acceptors (Lipinski definition) is 5. The number of carbonyl (C=O) groups is 1. The Morgan fingerprint density at radius 3 is 2.33 bits per heavy atom. The van der Waals surface area contributed by atoms with E-state index < -0.39 is 14.3 Å². The lowest BCUT2D eigenvalue weighted by atomic mass is 10.2. The molecule has 2 fully saturated rings. The SMILES string of the molecule is CN1CCN(CCCCN2CC(S(=O)(=O)Cl)CC2=O)CC1. The lowest BCUT2D eigenvalue weighted by Gasteiger charge is -2.32. The molecule has 2 heterocycles. The highest BCUT2D eigenvalue weighted by atomic mass is 35.7. The second-order valence-corrected chi connectivity index (χ2v) is 8.90. The maximum Gasteiger partial charge on any atom is 0.237 e. The summed E-state index contributed by atoms with van der Waals surface area (Å²) in [6.07, 6.45) is 1.98. The molecule has 0 aromatic carbocycles. The fourth-order valence-corrected chi connectivity index (χ4v) is 3.91. The summed E-state index contributed by atoms with van der Waals surface area (Å²) in [5, 5.41) is -0.732. The molecular weight excluding hydrogens is 314 g/mol. The van der Waals surface area contributed by atoms with Crippen molar-refractivity contribution in [2.45, 2.75) is 24.5 Å². The Kier molecular flexibility index (Phi) is 5.88. The minimum Gasteiger partial charge on any atom is -0.341 e. The van der Waals surface area contributed by atoms with Crippen LogP contribution < -0.4 is 0 Å². The van der Waals surface area contributed by atoms with E-state index in [4.69, 9.17) is 10.7 Å². The van der Waals surface area contributed by atoms with E-state index in [0.29, 0.717) is 6.54 Å². The molecule has 0 bridgehead atoms. The standard InChI is InChI=1S/C13H24ClN3O3S/c1-15-6-8-16(9-7-15)4-2-3-5-17-11-12(10-13(17)18)21(14,19)20/h12H,2-11H2,1H3. The molecule has 6 nitrogen and oxygen atoms in total. The van der Waals surface area contributed by atoms with E-state index in [9.17, 15) is 13.2 Å². The lowest BCUT2D eigenvalue weighted by molar-refractivity contribution is -0.127. The average molecular weight is 338 g/mol. The molecule has 2 rings (SSSR count). The summed E-state index contributed by atoms with van der Waals surface area (Å²) in [5.74, 6) is -0.0937. The Morgan fingerprint density at radius 2 is 1.76 bits per heavy atom. The summed E-state index contributed by atoms with van der Waals surface area (Å²) < 4.78 is 22.5. The Morgan fingerprint density at radius 1 is 1.14 bits per heavy atom. The van der Waals surface area contributed by atoms with Gasteiger partial charge < -0.3 is 14.7 Å². The molecule has 0 radical (unpaired) electrons. The van der Waals surface area contributed by atoms with Gasteiger partial charge in [-0.15, -0.1) is 0 Å². The molecule has 0 N–H and O–H groups in total. The van der Waals surface area contributed by atoms with Crippen LogP contribution in [0.5, 0.6) is 0 Å². The molecule has 8 heteroatoms. The number of rotatable bonds is 6. The fraction of sp³-hybridized carbons (Fsp3) is 0.923. The van der Waals surface area contributed by atoms with Crippen LogP contribution in [0.1, 0.15) is 19.3 Å². The van der Waals surface area contributed by atoms with Crippen LogP contribution >= 0.6 is 10.7 Å². The number of piperazine rings is 1. The van der Waals surface area contributed by atoms with Crippen LogP contribution in [0.2, 0.25) is 0 Å². The summed E-state index contributed by atoms with van der Waals surface area (Å²) in [7, 11) is 3.84. The fourth-order valence-electron chi connectivity index (χ4n) is 2.85. The van der Waals surface area contributed by atoms with Crippen LogP contribution in [0.25, 0.3) is 0 Å². The number of hydrogen-bond donors (Lipinski definition) is 0. The van der Waals surface area contributed by atoms with Crippen molar-refractivity contribution in [2.75, 3.05) is 52.9 Å². The number of halogens is 1. The Bertz CT molecular complexity index is 463. The average Bonchev–Trinajstić information content (AvgIpc) is 2.78. The first-order chi connectivity index (χ1) is 9.86. The van der Waals surface area contributed by atoms with Gasteiger partial charge >= 0.3 is 0 Å². The van der Waals surface area contributed by atoms with Crippen molar-refractivity contribution in [3.05, 3.63) is 0 Å². The van der Waals surface area contributed by atoms with Gasteiger partial charge in [-0.3, -0.25) is 4.79 Å². The zero-order chi connectivity index (χ0) is 15.5. The molecule has 1 atom stereocenters. The number of likely N-dealkylation sites (N-methyl/N-ethyl adjacent to an activating group) is 1. The van der Waals surface area contributed by atoms with Gasteiger partial charge in [0.05, 0.1) is 0 Å². The van der Waals surface area contributed by atoms with Crippen LogP contribution in [-0.4, -0.2) is 87.1 Å². The van der Waals surface area contributed by atoms with Gasteiger partial charge in [-0.1, -0.05) is 0 Å². The van der Waals surface area contributed by atoms with Crippen LogP contribution in [0.3, 0.4) is 0 Å². The summed E-state index contributed by atoms with van der Waals surface area (Å²) in [6, 6.07) is 0. The van der Waals surface area contributed by atoms with Gasteiger partial charge in [-0.25, -0.2) is 8.42 Å². The molecular formula is C13H24ClN3O3S. The number of amides is 1. The maximum absolute atomic E-state index is 11.8. The van der Waals surface area contributed by atoms with Crippen molar-refractivity contribution in [1.82, 2.24) is 14.7 Å². The Hall–Kier alpha value is -0.370. The number of nitrogens with zero attached hydrogens (tertiary/aromatic N) is 3. The maximum atomic E-state index is 11.8. The van der Waals surface area contributed by atoms with Crippen molar-refractivity contribution in [3.63, 3.8) is 0 Å². The van der Waals surface area contributed by atoms with Gasteiger partial charge in [-0.2, -0.15) is 0 Å². The molecule has 2 saturated heterocycles. The third kappa shape index (κ3) is 5.09. The first-order valence-corrected chi connectivity index (χ1v) is 9.85. The van der Waals surface area contributed by atoms with E-state index in [1.165, 1.54) is 0 Å². The van der Waals surface area contributed by atoms with Gasteiger partial charge in [-0.05, 0) is 26.4 Å². The normalized spacial score (nSPS) is 25.7. The number of unbranched alkanes of at least 4 members (excludes halogenated alkanes) is 1. The molecule has 0 aromatic rings. The third-order valence-corrected chi connectivity index (χ3v) is 6.19. The summed E-state index contributed by atoms with van der Waals surface area (Å²) >= 11 is 0. The summed E-state index contributed by atoms with van der Waals surface area (Å²) in [5.41, 5.74) is 0. The highest BCUT2D eigenvalue weighted by molar-refractivity contribution is 8.14. The highest BCUT2D eigenvalue weighted by Gasteiger charge is 2.36. The van der Waals surface area contributed by atoms with Gasteiger partial charge in [0.15, 0.2) is 0 Å². The monoisotopic (exact) mass is 337 g/mol. The molecule has 21 heavy (non-hydrogen) atoms. The van der Waals surface area contributed by atoms with Crippen LogP contribution in [0.4, 0.5) is 0 Å². The van der Waals surface area contributed by atoms with Crippen LogP contribution in [-0.2, 0) is 13.8 Å². The summed E-state index contributed by atoms with van der Waals surface area (Å²) in [6.45, 7) is 6.36. The van der Waals surface area contributed by atoms with Gasteiger partial charge in [0, 0.05) is 56.4 Å². The molecule has 1 unspecified atom stereocenters. The number of carbonyl (C=O) groups excluding carboxylic acids is 1. The van der Waals surface area contributed by atoms with E-state index in [1.807, 2.05) is 0 Å². The highest BCUT2D eigenvalue weighted by Crippen LogP contribution is 2.21. The van der Waals surface area contributed by atoms with E-state index >= 15 is 0 Å². The molecule has 0 spiro atoms. The molecule has 0 aromatic heterocycles. The predicted octanol–water partition coefficient (Wildman–Crippen LogP) is 0.184. The van der Waals surface area contributed by atoms with Crippen molar-refractivity contribution in [1.29, 1.82) is 0 Å². The Labute approximate surface area is 131 Å². The number of likely N-dealkylation sites (tertiary alicyclic amines) is 1. The van der Waals surface area contributed by atoms with Crippen molar-refractivity contribution < 1.29 is 13.2 Å². The van der Waals surface area contributed by atoms with Crippen molar-refractivity contribution >= 4 is 25.6 Å². The van der Waals surface area contributed by atoms with Crippen LogP contribution in [0.15, 0.2) is 0 Å². The largest absolute Gasteiger partial charge is 0.341 e. The van der Waals surface area contributed by atoms with E-state index in [1.54, 1.807) is 4.90 Å². The first kappa shape index (κ1) is 17.0. The van der Waals surface area contributed by atoms with Gasteiger partial charge in [0.25, 0.3) is 0 Å². The Balaban J connectivity index is 1.64. The zero-order valence-corrected chi connectivity index (χ0v) is 14.1. The molecule has 0 saturated carbocycles. The minimum atomic E-state index is -3.62.